The fourth-order valence-corrected chi connectivity index (χ4v) is 3.20. The first kappa shape index (κ1) is 10.9. The van der Waals surface area contributed by atoms with Crippen molar-refractivity contribution in [1.29, 1.82) is 0 Å². The highest BCUT2D eigenvalue weighted by molar-refractivity contribution is 5.44. The SMILES string of the molecule is CCCN1CC[C@H]2c3cc(O)ccc3OC[C@H]21. The highest BCUT2D eigenvalue weighted by atomic mass is 16.5. The Morgan fingerprint density at radius 1 is 1.47 bits per heavy atom. The van der Waals surface area contributed by atoms with Crippen LogP contribution in [0, 0.1) is 0 Å². The lowest BCUT2D eigenvalue weighted by molar-refractivity contribution is 0.147. The number of fused-ring (bicyclic) bond motifs is 3. The number of nitrogens with zero attached hydrogens (tertiary/aromatic N) is 1. The number of phenols is 1. The van der Waals surface area contributed by atoms with Crippen LogP contribution >= 0.6 is 0 Å². The predicted molar refractivity (Wildman–Crippen MR) is 66.6 cm³/mol. The topological polar surface area (TPSA) is 32.7 Å². The van der Waals surface area contributed by atoms with Gasteiger partial charge in [-0.15, -0.1) is 0 Å². The zero-order valence-corrected chi connectivity index (χ0v) is 10.2. The third kappa shape index (κ3) is 1.78. The average Bonchev–Trinajstić information content (AvgIpc) is 2.73. The van der Waals surface area contributed by atoms with Crippen LogP contribution in [0.4, 0.5) is 0 Å². The molecule has 17 heavy (non-hydrogen) atoms. The molecule has 1 aromatic rings. The molecule has 2 atom stereocenters. The number of likely N-dealkylation sites (tertiary alicyclic amines) is 1. The van der Waals surface area contributed by atoms with E-state index in [1.165, 1.54) is 18.4 Å². The zero-order chi connectivity index (χ0) is 11.8. The molecule has 0 saturated carbocycles. The van der Waals surface area contributed by atoms with Gasteiger partial charge in [0.05, 0.1) is 6.04 Å². The molecule has 0 unspecified atom stereocenters. The number of hydrogen-bond donors (Lipinski definition) is 1. The van der Waals surface area contributed by atoms with Crippen LogP contribution in [-0.4, -0.2) is 35.7 Å². The highest BCUT2D eigenvalue weighted by Crippen LogP contribution is 2.43. The fourth-order valence-electron chi connectivity index (χ4n) is 3.20. The highest BCUT2D eigenvalue weighted by Gasteiger charge is 2.39. The van der Waals surface area contributed by atoms with Crippen molar-refractivity contribution in [3.63, 3.8) is 0 Å². The molecule has 0 bridgehead atoms. The van der Waals surface area contributed by atoms with Crippen LogP contribution in [0.1, 0.15) is 31.2 Å². The first-order valence-electron chi connectivity index (χ1n) is 6.49. The summed E-state index contributed by atoms with van der Waals surface area (Å²) in [6.45, 7) is 5.32. The van der Waals surface area contributed by atoms with Gasteiger partial charge >= 0.3 is 0 Å². The van der Waals surface area contributed by atoms with E-state index in [1.54, 1.807) is 6.07 Å². The van der Waals surface area contributed by atoms with E-state index in [2.05, 4.69) is 11.8 Å². The van der Waals surface area contributed by atoms with Gasteiger partial charge in [-0.25, -0.2) is 0 Å². The van der Waals surface area contributed by atoms with Crippen molar-refractivity contribution < 1.29 is 9.84 Å². The van der Waals surface area contributed by atoms with Crippen molar-refractivity contribution in [1.82, 2.24) is 4.90 Å². The van der Waals surface area contributed by atoms with Gasteiger partial charge in [0, 0.05) is 11.5 Å². The van der Waals surface area contributed by atoms with Gasteiger partial charge < -0.3 is 9.84 Å². The van der Waals surface area contributed by atoms with Crippen LogP contribution in [0.25, 0.3) is 0 Å². The number of hydrogen-bond acceptors (Lipinski definition) is 3. The number of rotatable bonds is 2. The number of benzene rings is 1. The second-order valence-corrected chi connectivity index (χ2v) is 5.03. The molecule has 0 radical (unpaired) electrons. The van der Waals surface area contributed by atoms with Crippen LogP contribution in [0.5, 0.6) is 11.5 Å². The first-order valence-corrected chi connectivity index (χ1v) is 6.49. The minimum Gasteiger partial charge on any atom is -0.508 e. The third-order valence-corrected chi connectivity index (χ3v) is 3.97. The van der Waals surface area contributed by atoms with Crippen molar-refractivity contribution in [2.24, 2.45) is 0 Å². The molecule has 92 valence electrons. The second kappa shape index (κ2) is 4.22. The number of ether oxygens (including phenoxy) is 1. The summed E-state index contributed by atoms with van der Waals surface area (Å²) >= 11 is 0. The summed E-state index contributed by atoms with van der Waals surface area (Å²) in [4.78, 5) is 2.53. The van der Waals surface area contributed by atoms with Gasteiger partial charge in [-0.2, -0.15) is 0 Å². The van der Waals surface area contributed by atoms with Gasteiger partial charge in [-0.05, 0) is 44.1 Å². The molecule has 0 amide bonds. The summed E-state index contributed by atoms with van der Waals surface area (Å²) < 4.78 is 5.82. The van der Waals surface area contributed by atoms with Gasteiger partial charge in [0.15, 0.2) is 0 Å². The smallest absolute Gasteiger partial charge is 0.123 e. The Kier molecular flexibility index (Phi) is 2.71. The predicted octanol–water partition coefficient (Wildman–Crippen LogP) is 2.35. The minimum atomic E-state index is 0.349. The van der Waals surface area contributed by atoms with Gasteiger partial charge in [0.1, 0.15) is 18.1 Å². The standard InChI is InChI=1S/C14H19NO2/c1-2-6-15-7-5-11-12-8-10(16)3-4-14(12)17-9-13(11)15/h3-4,8,11,13,16H,2,5-7,9H2,1H3/t11-,13+/m0/s1. The van der Waals surface area contributed by atoms with Gasteiger partial charge in [-0.1, -0.05) is 6.92 Å². The molecule has 0 aromatic heterocycles. The lowest BCUT2D eigenvalue weighted by Crippen LogP contribution is -2.39. The van der Waals surface area contributed by atoms with Crippen LogP contribution in [-0.2, 0) is 0 Å². The van der Waals surface area contributed by atoms with E-state index < -0.39 is 0 Å². The molecule has 1 aromatic carbocycles. The third-order valence-electron chi connectivity index (χ3n) is 3.97. The van der Waals surface area contributed by atoms with Crippen LogP contribution < -0.4 is 4.74 Å². The van der Waals surface area contributed by atoms with Gasteiger partial charge in [-0.3, -0.25) is 4.90 Å². The Morgan fingerprint density at radius 2 is 2.35 bits per heavy atom. The molecular formula is C14H19NO2. The summed E-state index contributed by atoms with van der Waals surface area (Å²) in [7, 11) is 0. The molecule has 2 heterocycles. The molecule has 3 heteroatoms. The summed E-state index contributed by atoms with van der Waals surface area (Å²) in [6, 6.07) is 5.98. The first-order chi connectivity index (χ1) is 8.29. The van der Waals surface area contributed by atoms with Crippen molar-refractivity contribution in [3.8, 4) is 11.5 Å². The van der Waals surface area contributed by atoms with E-state index in [1.807, 2.05) is 12.1 Å². The summed E-state index contributed by atoms with van der Waals surface area (Å²) in [5.41, 5.74) is 1.19. The summed E-state index contributed by atoms with van der Waals surface area (Å²) in [5, 5.41) is 9.61. The lowest BCUT2D eigenvalue weighted by Gasteiger charge is -2.33. The molecule has 1 N–H and O–H groups in total. The quantitative estimate of drug-likeness (QED) is 0.851. The molecule has 3 rings (SSSR count). The summed E-state index contributed by atoms with van der Waals surface area (Å²) in [6.07, 6.45) is 2.38. The normalized spacial score (nSPS) is 27.4. The Labute approximate surface area is 102 Å². The fraction of sp³-hybridized carbons (Fsp3) is 0.571. The Bertz CT molecular complexity index is 419. The van der Waals surface area contributed by atoms with Gasteiger partial charge in [0.2, 0.25) is 0 Å². The van der Waals surface area contributed by atoms with E-state index in [-0.39, 0.29) is 0 Å². The molecule has 2 aliphatic heterocycles. The van der Waals surface area contributed by atoms with Crippen molar-refractivity contribution in [2.45, 2.75) is 31.7 Å². The number of phenolic OH excluding ortho intramolecular Hbond substituents is 1. The van der Waals surface area contributed by atoms with E-state index in [0.29, 0.717) is 17.7 Å². The minimum absolute atomic E-state index is 0.349. The Hall–Kier alpha value is -1.22. The lowest BCUT2D eigenvalue weighted by atomic mass is 9.89. The molecule has 1 fully saturated rings. The monoisotopic (exact) mass is 233 g/mol. The van der Waals surface area contributed by atoms with Crippen molar-refractivity contribution in [2.75, 3.05) is 19.7 Å². The van der Waals surface area contributed by atoms with E-state index in [4.69, 9.17) is 4.74 Å². The molecule has 3 nitrogen and oxygen atoms in total. The van der Waals surface area contributed by atoms with Crippen LogP contribution in [0.15, 0.2) is 18.2 Å². The summed E-state index contributed by atoms with van der Waals surface area (Å²) in [5.74, 6) is 1.85. The largest absolute Gasteiger partial charge is 0.508 e. The maximum absolute atomic E-state index is 9.61. The molecule has 1 saturated heterocycles. The van der Waals surface area contributed by atoms with Gasteiger partial charge in [0.25, 0.3) is 0 Å². The van der Waals surface area contributed by atoms with Crippen molar-refractivity contribution in [3.05, 3.63) is 23.8 Å². The Morgan fingerprint density at radius 3 is 3.18 bits per heavy atom. The maximum Gasteiger partial charge on any atom is 0.123 e. The molecule has 2 aliphatic rings. The molecule has 0 spiro atoms. The zero-order valence-electron chi connectivity index (χ0n) is 10.2. The second-order valence-electron chi connectivity index (χ2n) is 5.03. The van der Waals surface area contributed by atoms with Crippen molar-refractivity contribution >= 4 is 0 Å². The van der Waals surface area contributed by atoms with E-state index in [9.17, 15) is 5.11 Å². The van der Waals surface area contributed by atoms with E-state index in [0.717, 1.165) is 25.4 Å². The Balaban J connectivity index is 1.90. The molecular weight excluding hydrogens is 214 g/mol. The van der Waals surface area contributed by atoms with E-state index >= 15 is 0 Å². The number of aromatic hydroxyl groups is 1. The average molecular weight is 233 g/mol. The van der Waals surface area contributed by atoms with Crippen LogP contribution in [0.2, 0.25) is 0 Å². The van der Waals surface area contributed by atoms with Crippen LogP contribution in [0.3, 0.4) is 0 Å². The maximum atomic E-state index is 9.61. The molecule has 0 aliphatic carbocycles.